The zero-order valence-electron chi connectivity index (χ0n) is 11.0. The van der Waals surface area contributed by atoms with Gasteiger partial charge in [0.05, 0.1) is 11.6 Å². The van der Waals surface area contributed by atoms with Crippen LogP contribution in [-0.2, 0) is 6.54 Å². The molecule has 1 atom stereocenters. The Morgan fingerprint density at radius 1 is 1.18 bits per heavy atom. The maximum absolute atomic E-state index is 8.98. The highest BCUT2D eigenvalue weighted by molar-refractivity contribution is 5.37. The fraction of sp³-hybridized carbons (Fsp3) is 0.533. The van der Waals surface area contributed by atoms with Crippen LogP contribution in [0, 0.1) is 17.2 Å². The number of rotatable bonds is 6. The molecular formula is C15H22N2. The fourth-order valence-corrected chi connectivity index (χ4v) is 1.75. The quantitative estimate of drug-likeness (QED) is 0.812. The lowest BCUT2D eigenvalue weighted by Crippen LogP contribution is -2.26. The van der Waals surface area contributed by atoms with E-state index in [1.165, 1.54) is 12.8 Å². The first kappa shape index (κ1) is 13.7. The molecule has 0 spiro atoms. The Labute approximate surface area is 105 Å². The third-order valence-electron chi connectivity index (χ3n) is 2.96. The van der Waals surface area contributed by atoms with E-state index in [9.17, 15) is 0 Å². The number of nitrogens with one attached hydrogen (secondary N) is 1. The van der Waals surface area contributed by atoms with E-state index in [1.807, 2.05) is 24.3 Å². The molecule has 0 heterocycles. The maximum Gasteiger partial charge on any atom is 0.0995 e. The normalized spacial score (nSPS) is 12.4. The van der Waals surface area contributed by atoms with Crippen molar-refractivity contribution in [2.75, 3.05) is 0 Å². The molecule has 17 heavy (non-hydrogen) atoms. The third kappa shape index (κ3) is 5.01. The minimum absolute atomic E-state index is 0.504. The molecule has 0 bridgehead atoms. The van der Waals surface area contributed by atoms with Crippen molar-refractivity contribution in [2.24, 2.45) is 5.92 Å². The zero-order chi connectivity index (χ0) is 12.7. The van der Waals surface area contributed by atoms with Crippen molar-refractivity contribution >= 4 is 0 Å². The molecule has 0 saturated heterocycles. The molecule has 2 nitrogen and oxygen atoms in total. The van der Waals surface area contributed by atoms with Gasteiger partial charge in [-0.3, -0.25) is 0 Å². The van der Waals surface area contributed by atoms with Gasteiger partial charge in [-0.25, -0.2) is 0 Å². The average molecular weight is 230 g/mol. The Hall–Kier alpha value is -1.33. The second kappa shape index (κ2) is 7.09. The van der Waals surface area contributed by atoms with Gasteiger partial charge < -0.3 is 5.32 Å². The summed E-state index contributed by atoms with van der Waals surface area (Å²) in [5, 5.41) is 12.5. The van der Waals surface area contributed by atoms with Crippen LogP contribution in [0.15, 0.2) is 24.3 Å². The van der Waals surface area contributed by atoms with Crippen LogP contribution in [0.25, 0.3) is 0 Å². The number of hydrogen-bond donors (Lipinski definition) is 1. The van der Waals surface area contributed by atoms with Crippen molar-refractivity contribution in [3.8, 4) is 6.07 Å². The van der Waals surface area contributed by atoms with E-state index in [-0.39, 0.29) is 0 Å². The second-order valence-electron chi connectivity index (χ2n) is 5.02. The lowest BCUT2D eigenvalue weighted by molar-refractivity contribution is 0.450. The molecule has 0 fully saturated rings. The van der Waals surface area contributed by atoms with E-state index in [0.717, 1.165) is 23.6 Å². The Kier molecular flexibility index (Phi) is 5.72. The summed E-state index contributed by atoms with van der Waals surface area (Å²) >= 11 is 0. The molecule has 0 amide bonds. The number of hydrogen-bond acceptors (Lipinski definition) is 2. The van der Waals surface area contributed by atoms with Gasteiger partial charge in [0.1, 0.15) is 0 Å². The molecule has 92 valence electrons. The Morgan fingerprint density at radius 3 is 2.53 bits per heavy atom. The summed E-state index contributed by atoms with van der Waals surface area (Å²) in [6.07, 6.45) is 2.43. The van der Waals surface area contributed by atoms with Crippen molar-refractivity contribution in [1.29, 1.82) is 5.26 Å². The van der Waals surface area contributed by atoms with Gasteiger partial charge in [-0.1, -0.05) is 32.0 Å². The van der Waals surface area contributed by atoms with Crippen molar-refractivity contribution in [3.05, 3.63) is 35.4 Å². The van der Waals surface area contributed by atoms with Gasteiger partial charge >= 0.3 is 0 Å². The monoisotopic (exact) mass is 230 g/mol. The van der Waals surface area contributed by atoms with Crippen LogP contribution in [0.1, 0.15) is 44.7 Å². The maximum atomic E-state index is 8.98. The van der Waals surface area contributed by atoms with Gasteiger partial charge in [-0.2, -0.15) is 5.26 Å². The number of nitriles is 1. The van der Waals surface area contributed by atoms with Crippen molar-refractivity contribution < 1.29 is 0 Å². The summed E-state index contributed by atoms with van der Waals surface area (Å²) in [6.45, 7) is 7.48. The molecule has 0 saturated carbocycles. The van der Waals surface area contributed by atoms with Crippen LogP contribution in [0.2, 0.25) is 0 Å². The van der Waals surface area contributed by atoms with E-state index >= 15 is 0 Å². The van der Waals surface area contributed by atoms with Gasteiger partial charge in [0.2, 0.25) is 0 Å². The topological polar surface area (TPSA) is 35.8 Å². The van der Waals surface area contributed by atoms with Gasteiger partial charge in [0.15, 0.2) is 0 Å². The molecular weight excluding hydrogens is 208 g/mol. The third-order valence-corrected chi connectivity index (χ3v) is 2.96. The SMILES string of the molecule is CC(C)CCC(C)NCc1ccccc1C#N. The Bertz CT molecular complexity index is 377. The van der Waals surface area contributed by atoms with Crippen molar-refractivity contribution in [2.45, 2.75) is 46.2 Å². The van der Waals surface area contributed by atoms with Crippen LogP contribution >= 0.6 is 0 Å². The largest absolute Gasteiger partial charge is 0.310 e. The summed E-state index contributed by atoms with van der Waals surface area (Å²) < 4.78 is 0. The van der Waals surface area contributed by atoms with Crippen LogP contribution < -0.4 is 5.32 Å². The molecule has 1 rings (SSSR count). The highest BCUT2D eigenvalue weighted by atomic mass is 14.9. The number of benzene rings is 1. The van der Waals surface area contributed by atoms with Crippen LogP contribution in [-0.4, -0.2) is 6.04 Å². The number of nitrogens with zero attached hydrogens (tertiary/aromatic N) is 1. The molecule has 0 aromatic heterocycles. The summed E-state index contributed by atoms with van der Waals surface area (Å²) in [7, 11) is 0. The van der Waals surface area contributed by atoms with Gasteiger partial charge in [-0.05, 0) is 37.3 Å². The van der Waals surface area contributed by atoms with Gasteiger partial charge in [0, 0.05) is 12.6 Å². The summed E-state index contributed by atoms with van der Waals surface area (Å²) in [6, 6.07) is 10.5. The lowest BCUT2D eigenvalue weighted by atomic mass is 10.0. The van der Waals surface area contributed by atoms with E-state index in [2.05, 4.69) is 32.2 Å². The van der Waals surface area contributed by atoms with Crippen LogP contribution in [0.4, 0.5) is 0 Å². The summed E-state index contributed by atoms with van der Waals surface area (Å²) in [5.74, 6) is 0.755. The first-order valence-electron chi connectivity index (χ1n) is 6.35. The predicted octanol–water partition coefficient (Wildman–Crippen LogP) is 3.47. The van der Waals surface area contributed by atoms with Crippen LogP contribution in [0.5, 0.6) is 0 Å². The molecule has 2 heteroatoms. The highest BCUT2D eigenvalue weighted by Crippen LogP contribution is 2.09. The average Bonchev–Trinajstić information content (AvgIpc) is 2.34. The summed E-state index contributed by atoms with van der Waals surface area (Å²) in [4.78, 5) is 0. The second-order valence-corrected chi connectivity index (χ2v) is 5.02. The molecule has 0 aliphatic heterocycles. The minimum Gasteiger partial charge on any atom is -0.310 e. The first-order valence-corrected chi connectivity index (χ1v) is 6.35. The van der Waals surface area contributed by atoms with E-state index in [0.29, 0.717) is 6.04 Å². The first-order chi connectivity index (χ1) is 8.13. The Morgan fingerprint density at radius 2 is 1.88 bits per heavy atom. The molecule has 1 unspecified atom stereocenters. The minimum atomic E-state index is 0.504. The molecule has 0 aliphatic carbocycles. The Balaban J connectivity index is 2.42. The standard InChI is InChI=1S/C15H22N2/c1-12(2)8-9-13(3)17-11-15-7-5-4-6-14(15)10-16/h4-7,12-13,17H,8-9,11H2,1-3H3. The fourth-order valence-electron chi connectivity index (χ4n) is 1.75. The van der Waals surface area contributed by atoms with Crippen LogP contribution in [0.3, 0.4) is 0 Å². The smallest absolute Gasteiger partial charge is 0.0995 e. The van der Waals surface area contributed by atoms with Gasteiger partial charge in [0.25, 0.3) is 0 Å². The zero-order valence-corrected chi connectivity index (χ0v) is 11.0. The molecule has 0 aliphatic rings. The summed E-state index contributed by atoms with van der Waals surface area (Å²) in [5.41, 5.74) is 1.86. The van der Waals surface area contributed by atoms with E-state index in [1.54, 1.807) is 0 Å². The highest BCUT2D eigenvalue weighted by Gasteiger charge is 2.05. The van der Waals surface area contributed by atoms with Gasteiger partial charge in [-0.15, -0.1) is 0 Å². The van der Waals surface area contributed by atoms with E-state index in [4.69, 9.17) is 5.26 Å². The molecule has 1 aromatic carbocycles. The van der Waals surface area contributed by atoms with Crippen molar-refractivity contribution in [1.82, 2.24) is 5.32 Å². The van der Waals surface area contributed by atoms with E-state index < -0.39 is 0 Å². The lowest BCUT2D eigenvalue weighted by Gasteiger charge is -2.15. The van der Waals surface area contributed by atoms with Crippen molar-refractivity contribution in [3.63, 3.8) is 0 Å². The molecule has 0 radical (unpaired) electrons. The predicted molar refractivity (Wildman–Crippen MR) is 71.5 cm³/mol. The molecule has 1 aromatic rings. The molecule has 1 N–H and O–H groups in total.